The molecule has 2 heterocycles. The molecule has 0 radical (unpaired) electrons. The third-order valence-corrected chi connectivity index (χ3v) is 5.44. The van der Waals surface area contributed by atoms with Crippen LogP contribution in [0.5, 0.6) is 0 Å². The van der Waals surface area contributed by atoms with Gasteiger partial charge in [-0.2, -0.15) is 5.10 Å². The topological polar surface area (TPSA) is 41.4 Å². The molecular formula is C21H24N4O. The van der Waals surface area contributed by atoms with Gasteiger partial charge in [-0.15, -0.1) is 0 Å². The Hall–Kier alpha value is -2.82. The zero-order valence-corrected chi connectivity index (χ0v) is 15.6. The Balaban J connectivity index is 1.52. The summed E-state index contributed by atoms with van der Waals surface area (Å²) in [5.41, 5.74) is 5.46. The van der Waals surface area contributed by atoms with E-state index in [2.05, 4.69) is 42.0 Å². The minimum atomic E-state index is 0.0300. The number of carbonyl (C=O) groups excluding carboxylic acids is 1. The van der Waals surface area contributed by atoms with Gasteiger partial charge in [0.2, 0.25) is 0 Å². The quantitative estimate of drug-likeness (QED) is 0.714. The van der Waals surface area contributed by atoms with Crippen LogP contribution in [-0.2, 0) is 7.05 Å². The second-order valence-corrected chi connectivity index (χ2v) is 6.99. The standard InChI is InChI=1S/C21H24N4O/c1-15-7-6-10-18(16(15)2)24-11-13-25(14-12-24)21(26)20-17-8-4-5-9-19(17)23(3)22-20/h4-10H,11-14H2,1-3H3. The summed E-state index contributed by atoms with van der Waals surface area (Å²) in [7, 11) is 1.89. The average Bonchev–Trinajstić information content (AvgIpc) is 3.01. The minimum absolute atomic E-state index is 0.0300. The zero-order chi connectivity index (χ0) is 18.3. The molecule has 26 heavy (non-hydrogen) atoms. The van der Waals surface area contributed by atoms with Gasteiger partial charge in [-0.25, -0.2) is 0 Å². The molecule has 0 spiro atoms. The fourth-order valence-corrected chi connectivity index (χ4v) is 3.75. The monoisotopic (exact) mass is 348 g/mol. The Labute approximate surface area is 153 Å². The van der Waals surface area contributed by atoms with Gasteiger partial charge in [-0.1, -0.05) is 30.3 Å². The summed E-state index contributed by atoms with van der Waals surface area (Å²) in [6.45, 7) is 7.45. The number of hydrogen-bond donors (Lipinski definition) is 0. The molecule has 134 valence electrons. The van der Waals surface area contributed by atoms with Crippen molar-refractivity contribution in [3.63, 3.8) is 0 Å². The van der Waals surface area contributed by atoms with Gasteiger partial charge in [0.25, 0.3) is 5.91 Å². The molecule has 1 aliphatic heterocycles. The molecule has 4 rings (SSSR count). The number of hydrogen-bond acceptors (Lipinski definition) is 3. The third-order valence-electron chi connectivity index (χ3n) is 5.44. The lowest BCUT2D eigenvalue weighted by atomic mass is 10.1. The molecule has 0 atom stereocenters. The summed E-state index contributed by atoms with van der Waals surface area (Å²) in [6, 6.07) is 14.3. The number of para-hydroxylation sites is 1. The van der Waals surface area contributed by atoms with E-state index in [1.165, 1.54) is 16.8 Å². The summed E-state index contributed by atoms with van der Waals surface area (Å²) < 4.78 is 1.79. The molecule has 0 bridgehead atoms. The van der Waals surface area contributed by atoms with E-state index in [0.29, 0.717) is 5.69 Å². The predicted molar refractivity (Wildman–Crippen MR) is 105 cm³/mol. The van der Waals surface area contributed by atoms with Crippen molar-refractivity contribution < 1.29 is 4.79 Å². The van der Waals surface area contributed by atoms with Crippen molar-refractivity contribution in [1.82, 2.24) is 14.7 Å². The summed E-state index contributed by atoms with van der Waals surface area (Å²) in [5, 5.41) is 5.41. The van der Waals surface area contributed by atoms with E-state index in [4.69, 9.17) is 0 Å². The minimum Gasteiger partial charge on any atom is -0.368 e. The van der Waals surface area contributed by atoms with Crippen LogP contribution in [0.4, 0.5) is 5.69 Å². The Kier molecular flexibility index (Phi) is 4.15. The molecule has 5 nitrogen and oxygen atoms in total. The Morgan fingerprint density at radius 2 is 1.69 bits per heavy atom. The van der Waals surface area contributed by atoms with Gasteiger partial charge in [0.1, 0.15) is 0 Å². The van der Waals surface area contributed by atoms with E-state index in [0.717, 1.165) is 37.1 Å². The van der Waals surface area contributed by atoms with Gasteiger partial charge < -0.3 is 9.80 Å². The predicted octanol–water partition coefficient (Wildman–Crippen LogP) is 3.15. The van der Waals surface area contributed by atoms with E-state index in [1.54, 1.807) is 4.68 Å². The van der Waals surface area contributed by atoms with Crippen molar-refractivity contribution in [2.45, 2.75) is 13.8 Å². The largest absolute Gasteiger partial charge is 0.368 e. The van der Waals surface area contributed by atoms with Crippen LogP contribution in [0.2, 0.25) is 0 Å². The highest BCUT2D eigenvalue weighted by Crippen LogP contribution is 2.25. The Bertz CT molecular complexity index is 967. The van der Waals surface area contributed by atoms with Crippen LogP contribution < -0.4 is 4.90 Å². The van der Waals surface area contributed by atoms with Crippen LogP contribution >= 0.6 is 0 Å². The lowest BCUT2D eigenvalue weighted by Gasteiger charge is -2.36. The fraction of sp³-hybridized carbons (Fsp3) is 0.333. The number of rotatable bonds is 2. The SMILES string of the molecule is Cc1cccc(N2CCN(C(=O)c3nn(C)c4ccccc34)CC2)c1C. The fourth-order valence-electron chi connectivity index (χ4n) is 3.75. The molecule has 0 N–H and O–H groups in total. The highest BCUT2D eigenvalue weighted by atomic mass is 16.2. The smallest absolute Gasteiger partial charge is 0.275 e. The van der Waals surface area contributed by atoms with Crippen LogP contribution in [0.3, 0.4) is 0 Å². The first-order valence-electron chi connectivity index (χ1n) is 9.08. The van der Waals surface area contributed by atoms with Crippen molar-refractivity contribution >= 4 is 22.5 Å². The van der Waals surface area contributed by atoms with Gasteiger partial charge in [0, 0.05) is 44.3 Å². The Morgan fingerprint density at radius 1 is 0.962 bits per heavy atom. The maximum absolute atomic E-state index is 13.0. The molecule has 1 aliphatic rings. The first-order valence-corrected chi connectivity index (χ1v) is 9.08. The molecule has 0 aliphatic carbocycles. The lowest BCUT2D eigenvalue weighted by molar-refractivity contribution is 0.0742. The summed E-state index contributed by atoms with van der Waals surface area (Å²) in [5.74, 6) is 0.0300. The molecule has 2 aromatic carbocycles. The van der Waals surface area contributed by atoms with E-state index in [1.807, 2.05) is 36.2 Å². The number of aromatic nitrogens is 2. The molecule has 1 saturated heterocycles. The molecule has 0 unspecified atom stereocenters. The molecular weight excluding hydrogens is 324 g/mol. The molecule has 1 fully saturated rings. The van der Waals surface area contributed by atoms with E-state index in [9.17, 15) is 4.79 Å². The maximum Gasteiger partial charge on any atom is 0.275 e. The van der Waals surface area contributed by atoms with Gasteiger partial charge in [0.15, 0.2) is 5.69 Å². The Morgan fingerprint density at radius 3 is 2.46 bits per heavy atom. The highest BCUT2D eigenvalue weighted by molar-refractivity contribution is 6.04. The van der Waals surface area contributed by atoms with E-state index in [-0.39, 0.29) is 5.91 Å². The van der Waals surface area contributed by atoms with Crippen molar-refractivity contribution in [3.8, 4) is 0 Å². The first kappa shape index (κ1) is 16.6. The van der Waals surface area contributed by atoms with Crippen molar-refractivity contribution in [3.05, 3.63) is 59.3 Å². The number of aryl methyl sites for hydroxylation is 2. The molecule has 1 aromatic heterocycles. The first-order chi connectivity index (χ1) is 12.6. The number of benzene rings is 2. The lowest BCUT2D eigenvalue weighted by Crippen LogP contribution is -2.49. The van der Waals surface area contributed by atoms with Crippen LogP contribution in [0, 0.1) is 13.8 Å². The van der Waals surface area contributed by atoms with Crippen LogP contribution in [0.1, 0.15) is 21.6 Å². The number of amides is 1. The summed E-state index contributed by atoms with van der Waals surface area (Å²) >= 11 is 0. The molecule has 1 amide bonds. The number of carbonyl (C=O) groups is 1. The second-order valence-electron chi connectivity index (χ2n) is 6.99. The highest BCUT2D eigenvalue weighted by Gasteiger charge is 2.26. The van der Waals surface area contributed by atoms with E-state index >= 15 is 0 Å². The average molecular weight is 348 g/mol. The van der Waals surface area contributed by atoms with Crippen molar-refractivity contribution in [2.75, 3.05) is 31.1 Å². The maximum atomic E-state index is 13.0. The van der Waals surface area contributed by atoms with Crippen LogP contribution in [0.25, 0.3) is 10.9 Å². The molecule has 3 aromatic rings. The van der Waals surface area contributed by atoms with Gasteiger partial charge in [-0.3, -0.25) is 9.48 Å². The number of piperazine rings is 1. The number of fused-ring (bicyclic) bond motifs is 1. The number of anilines is 1. The van der Waals surface area contributed by atoms with Crippen LogP contribution in [0.15, 0.2) is 42.5 Å². The molecule has 0 saturated carbocycles. The van der Waals surface area contributed by atoms with Crippen LogP contribution in [-0.4, -0.2) is 46.8 Å². The van der Waals surface area contributed by atoms with Gasteiger partial charge in [0.05, 0.1) is 5.52 Å². The third kappa shape index (κ3) is 2.73. The van der Waals surface area contributed by atoms with E-state index < -0.39 is 0 Å². The second kappa shape index (κ2) is 6.48. The van der Waals surface area contributed by atoms with Gasteiger partial charge >= 0.3 is 0 Å². The zero-order valence-electron chi connectivity index (χ0n) is 15.6. The summed E-state index contributed by atoms with van der Waals surface area (Å²) in [4.78, 5) is 17.3. The van der Waals surface area contributed by atoms with Gasteiger partial charge in [-0.05, 0) is 37.1 Å². The number of nitrogens with zero attached hydrogens (tertiary/aromatic N) is 4. The summed E-state index contributed by atoms with van der Waals surface area (Å²) in [6.07, 6.45) is 0. The van der Waals surface area contributed by atoms with Crippen molar-refractivity contribution in [2.24, 2.45) is 7.05 Å². The van der Waals surface area contributed by atoms with Crippen molar-refractivity contribution in [1.29, 1.82) is 0 Å². The normalized spacial score (nSPS) is 14.9. The molecule has 5 heteroatoms.